The van der Waals surface area contributed by atoms with Crippen LogP contribution in [0.1, 0.15) is 23.2 Å². The number of aromatic nitrogens is 4. The van der Waals surface area contributed by atoms with E-state index in [4.69, 9.17) is 14.7 Å². The number of rotatable bonds is 3. The predicted octanol–water partition coefficient (Wildman–Crippen LogP) is 8.37. The zero-order chi connectivity index (χ0) is 31.3. The summed E-state index contributed by atoms with van der Waals surface area (Å²) in [4.78, 5) is 12.4. The molecule has 2 unspecified atom stereocenters. The van der Waals surface area contributed by atoms with Gasteiger partial charge in [0.25, 0.3) is 0 Å². The molecule has 0 bridgehead atoms. The smallest absolute Gasteiger partial charge is 0.145 e. The first-order valence-corrected chi connectivity index (χ1v) is 19.9. The van der Waals surface area contributed by atoms with Gasteiger partial charge >= 0.3 is 0 Å². The van der Waals surface area contributed by atoms with Crippen molar-refractivity contribution in [1.82, 2.24) is 19.1 Å². The van der Waals surface area contributed by atoms with Gasteiger partial charge in [-0.3, -0.25) is 4.57 Å². The molecule has 0 N–H and O–H groups in total. The largest absolute Gasteiger partial charge is 0.458 e. The van der Waals surface area contributed by atoms with Crippen LogP contribution in [-0.2, 0) is 0 Å². The minimum absolute atomic E-state index is 0.103. The van der Waals surface area contributed by atoms with Gasteiger partial charge in [0.2, 0.25) is 0 Å². The highest BCUT2D eigenvalue weighted by Crippen LogP contribution is 2.45. The molecule has 3 aliphatic rings. The van der Waals surface area contributed by atoms with Gasteiger partial charge in [-0.25, -0.2) is 9.97 Å². The molecule has 0 radical (unpaired) electrons. The van der Waals surface area contributed by atoms with Gasteiger partial charge in [-0.2, -0.15) is 0 Å². The molecule has 47 heavy (non-hydrogen) atoms. The van der Waals surface area contributed by atoms with Crippen molar-refractivity contribution >= 4 is 52.1 Å². The van der Waals surface area contributed by atoms with Gasteiger partial charge in [0.1, 0.15) is 31.1 Å². The first-order chi connectivity index (χ1) is 23.0. The van der Waals surface area contributed by atoms with Crippen molar-refractivity contribution in [2.75, 3.05) is 0 Å². The molecule has 226 valence electrons. The average Bonchev–Trinajstić information content (AvgIpc) is 3.72. The second-order valence-electron chi connectivity index (χ2n) is 13.1. The van der Waals surface area contributed by atoms with Crippen molar-refractivity contribution in [3.8, 4) is 17.1 Å². The summed E-state index contributed by atoms with van der Waals surface area (Å²) < 4.78 is 11.1. The van der Waals surface area contributed by atoms with Gasteiger partial charge in [0, 0.05) is 57.1 Å². The summed E-state index contributed by atoms with van der Waals surface area (Å²) in [6.07, 6.45) is 12.4. The highest BCUT2D eigenvalue weighted by Gasteiger charge is 2.36. The Hall–Kier alpha value is -5.11. The topological polar surface area (TPSA) is 44.9 Å². The van der Waals surface area contributed by atoms with Crippen LogP contribution in [0.25, 0.3) is 33.3 Å². The molecule has 2 aliphatic heterocycles. The minimum atomic E-state index is -1.88. The van der Waals surface area contributed by atoms with Crippen molar-refractivity contribution in [2.45, 2.75) is 34.7 Å². The summed E-state index contributed by atoms with van der Waals surface area (Å²) in [6.45, 7) is 4.95. The Balaban J connectivity index is 1.06. The number of hydrogen-bond donors (Lipinski definition) is 0. The minimum Gasteiger partial charge on any atom is -0.458 e. The number of hydrogen-bond acceptors (Lipinski definition) is 4. The number of benzene rings is 4. The monoisotopic (exact) mass is 642 g/mol. The van der Waals surface area contributed by atoms with E-state index in [0.29, 0.717) is 0 Å². The van der Waals surface area contributed by atoms with Crippen LogP contribution in [0.4, 0.5) is 0 Å². The number of imidazole rings is 1. The molecule has 0 saturated carbocycles. The number of para-hydroxylation sites is 1. The second-order valence-corrected chi connectivity index (χ2v) is 18.5. The van der Waals surface area contributed by atoms with E-state index in [1.807, 2.05) is 36.3 Å². The third-order valence-electron chi connectivity index (χ3n) is 10.1. The Morgan fingerprint density at radius 3 is 2.62 bits per heavy atom. The fourth-order valence-electron chi connectivity index (χ4n) is 7.87. The zero-order valence-corrected chi connectivity index (χ0v) is 27.8. The third kappa shape index (κ3) is 3.96. The standard InChI is InChI=1S/C40H30N4OSSi/c1-47(2)37-15-6-5-14-35(37)46-36-24-34-31(23-38(36)47)30-12-8-18-41-40(30)44(34)25-9-7-10-26(21-25)45-27-16-17-28-29-11-3-4-13-33(29)43-20-19-42-39(43)32(28)22-27/h3-24,28,32H,1-2H3. The maximum absolute atomic E-state index is 6.61. The van der Waals surface area contributed by atoms with Gasteiger partial charge in [-0.05, 0) is 70.6 Å². The number of ether oxygens (including phenoxy) is 1. The van der Waals surface area contributed by atoms with Gasteiger partial charge in [0.15, 0.2) is 0 Å². The fraction of sp³-hybridized carbons (Fsp3) is 0.100. The number of allylic oxidation sites excluding steroid dienone is 3. The SMILES string of the molecule is C[Si]1(C)c2ccccc2Sc2cc3c(cc21)c1cccnc1n3-c1cccc(OC2=CC3c4nccn4-c4ccccc4C3C=C2)c1. The molecule has 0 amide bonds. The van der Waals surface area contributed by atoms with Crippen LogP contribution in [0, 0.1) is 0 Å². The van der Waals surface area contributed by atoms with Crippen LogP contribution in [-0.4, -0.2) is 27.2 Å². The molecular weight excluding hydrogens is 613 g/mol. The molecule has 0 saturated heterocycles. The summed E-state index contributed by atoms with van der Waals surface area (Å²) in [6, 6.07) is 35.0. The Bertz CT molecular complexity index is 2490. The molecule has 0 fully saturated rings. The molecule has 10 rings (SSSR count). The lowest BCUT2D eigenvalue weighted by molar-refractivity contribution is 0.430. The molecule has 4 aromatic carbocycles. The van der Waals surface area contributed by atoms with Crippen LogP contribution < -0.4 is 15.1 Å². The molecule has 5 nitrogen and oxygen atoms in total. The van der Waals surface area contributed by atoms with Gasteiger partial charge in [-0.15, -0.1) is 0 Å². The molecule has 7 heteroatoms. The average molecular weight is 643 g/mol. The summed E-state index contributed by atoms with van der Waals surface area (Å²) >= 11 is 1.89. The summed E-state index contributed by atoms with van der Waals surface area (Å²) in [7, 11) is -1.88. The highest BCUT2D eigenvalue weighted by atomic mass is 32.2. The second kappa shape index (κ2) is 9.94. The normalized spacial score (nSPS) is 18.6. The van der Waals surface area contributed by atoms with Crippen LogP contribution in [0.5, 0.6) is 5.75 Å². The van der Waals surface area contributed by atoms with Gasteiger partial charge in [0.05, 0.1) is 16.9 Å². The zero-order valence-electron chi connectivity index (χ0n) is 26.0. The van der Waals surface area contributed by atoms with E-state index in [2.05, 4.69) is 132 Å². The van der Waals surface area contributed by atoms with Gasteiger partial charge < -0.3 is 9.30 Å². The maximum atomic E-state index is 6.61. The molecule has 7 aromatic rings. The van der Waals surface area contributed by atoms with E-state index < -0.39 is 8.07 Å². The Labute approximate surface area is 277 Å². The lowest BCUT2D eigenvalue weighted by Gasteiger charge is -2.33. The van der Waals surface area contributed by atoms with Crippen LogP contribution in [0.2, 0.25) is 13.1 Å². The number of pyridine rings is 1. The Morgan fingerprint density at radius 2 is 1.66 bits per heavy atom. The van der Waals surface area contributed by atoms with Crippen LogP contribution >= 0.6 is 11.8 Å². The van der Waals surface area contributed by atoms with Crippen molar-refractivity contribution in [3.05, 3.63) is 151 Å². The van der Waals surface area contributed by atoms with E-state index in [1.165, 1.54) is 47.7 Å². The number of nitrogens with zero attached hydrogens (tertiary/aromatic N) is 4. The quantitative estimate of drug-likeness (QED) is 0.182. The molecular formula is C40H30N4OSSi. The summed E-state index contributed by atoms with van der Waals surface area (Å²) in [5, 5.41) is 5.43. The highest BCUT2D eigenvalue weighted by molar-refractivity contribution is 8.00. The van der Waals surface area contributed by atoms with Crippen molar-refractivity contribution in [1.29, 1.82) is 0 Å². The molecule has 2 atom stereocenters. The summed E-state index contributed by atoms with van der Waals surface area (Å²) in [5.74, 6) is 2.99. The molecule has 3 aromatic heterocycles. The van der Waals surface area contributed by atoms with E-state index in [1.54, 1.807) is 0 Å². The fourth-order valence-corrected chi connectivity index (χ4v) is 13.3. The summed E-state index contributed by atoms with van der Waals surface area (Å²) in [5.41, 5.74) is 5.66. The van der Waals surface area contributed by atoms with Crippen LogP contribution in [0.3, 0.4) is 0 Å². The number of fused-ring (bicyclic) bond motifs is 11. The van der Waals surface area contributed by atoms with E-state index >= 15 is 0 Å². The van der Waals surface area contributed by atoms with Crippen molar-refractivity contribution in [3.63, 3.8) is 0 Å². The lowest BCUT2D eigenvalue weighted by Crippen LogP contribution is -2.56. The Kier molecular flexibility index (Phi) is 5.72. The first-order valence-electron chi connectivity index (χ1n) is 16.1. The van der Waals surface area contributed by atoms with E-state index in [9.17, 15) is 0 Å². The molecule has 1 aliphatic carbocycles. The first kappa shape index (κ1) is 27.0. The van der Waals surface area contributed by atoms with E-state index in [0.717, 1.165) is 28.7 Å². The van der Waals surface area contributed by atoms with Gasteiger partial charge in [-0.1, -0.05) is 79.5 Å². The van der Waals surface area contributed by atoms with Crippen LogP contribution in [0.15, 0.2) is 149 Å². The third-order valence-corrected chi connectivity index (χ3v) is 15.2. The van der Waals surface area contributed by atoms with E-state index in [-0.39, 0.29) is 11.8 Å². The molecule has 0 spiro atoms. The van der Waals surface area contributed by atoms with Crippen molar-refractivity contribution < 1.29 is 4.74 Å². The molecule has 5 heterocycles. The lowest BCUT2D eigenvalue weighted by atomic mass is 9.79. The predicted molar refractivity (Wildman–Crippen MR) is 193 cm³/mol. The Morgan fingerprint density at radius 1 is 0.766 bits per heavy atom. The van der Waals surface area contributed by atoms with Crippen molar-refractivity contribution in [2.24, 2.45) is 0 Å². The maximum Gasteiger partial charge on any atom is 0.145 e.